The van der Waals surface area contributed by atoms with Crippen molar-refractivity contribution in [2.45, 2.75) is 6.04 Å². The van der Waals surface area contributed by atoms with E-state index in [1.807, 2.05) is 4.90 Å². The smallest absolute Gasteiger partial charge is 0.198 e. The topological polar surface area (TPSA) is 84.0 Å². The number of nitrogens with zero attached hydrogens (tertiary/aromatic N) is 4. The monoisotopic (exact) mass is 197 g/mol. The van der Waals surface area contributed by atoms with Crippen LogP contribution < -0.4 is 0 Å². The number of nitrogens with one attached hydrogen (secondary N) is 1. The van der Waals surface area contributed by atoms with Crippen LogP contribution in [0.15, 0.2) is 0 Å². The Kier molecular flexibility index (Phi) is 2.80. The van der Waals surface area contributed by atoms with E-state index in [0.29, 0.717) is 19.0 Å². The number of hydrogen-bond donors (Lipinski definition) is 1. The van der Waals surface area contributed by atoms with Crippen molar-refractivity contribution >= 4 is 6.29 Å². The molecule has 0 spiro atoms. The van der Waals surface area contributed by atoms with Gasteiger partial charge >= 0.3 is 0 Å². The van der Waals surface area contributed by atoms with Crippen LogP contribution in [0.4, 0.5) is 0 Å². The fourth-order valence-electron chi connectivity index (χ4n) is 1.46. The van der Waals surface area contributed by atoms with Crippen molar-refractivity contribution in [3.8, 4) is 0 Å². The Morgan fingerprint density at radius 1 is 1.50 bits per heavy atom. The number of carbonyl (C=O) groups is 1. The van der Waals surface area contributed by atoms with Crippen molar-refractivity contribution in [2.75, 3.05) is 26.3 Å². The van der Waals surface area contributed by atoms with Crippen molar-refractivity contribution in [1.29, 1.82) is 0 Å². The molecule has 1 aliphatic heterocycles. The Morgan fingerprint density at radius 2 is 2.29 bits per heavy atom. The van der Waals surface area contributed by atoms with Gasteiger partial charge in [0.2, 0.25) is 0 Å². The highest BCUT2D eigenvalue weighted by atomic mass is 16.5. The molecule has 1 N–H and O–H groups in total. The summed E-state index contributed by atoms with van der Waals surface area (Å²) in [5, 5.41) is 13.4. The largest absolute Gasteiger partial charge is 0.379 e. The molecule has 2 rings (SSSR count). The Morgan fingerprint density at radius 3 is 2.86 bits per heavy atom. The van der Waals surface area contributed by atoms with Crippen LogP contribution in [0.25, 0.3) is 0 Å². The summed E-state index contributed by atoms with van der Waals surface area (Å²) >= 11 is 0. The molecule has 1 unspecified atom stereocenters. The third-order valence-corrected chi connectivity index (χ3v) is 2.19. The zero-order valence-electron chi connectivity index (χ0n) is 7.59. The van der Waals surface area contributed by atoms with E-state index in [0.717, 1.165) is 19.4 Å². The Labute approximate surface area is 80.4 Å². The van der Waals surface area contributed by atoms with Crippen LogP contribution in [0.2, 0.25) is 0 Å². The SMILES string of the molecule is O=CC(c1nn[nH]n1)N1CCOCC1. The summed E-state index contributed by atoms with van der Waals surface area (Å²) in [4.78, 5) is 12.9. The summed E-state index contributed by atoms with van der Waals surface area (Å²) in [6.45, 7) is 2.72. The highest BCUT2D eigenvalue weighted by Crippen LogP contribution is 2.14. The van der Waals surface area contributed by atoms with Crippen LogP contribution in [0.1, 0.15) is 11.9 Å². The summed E-state index contributed by atoms with van der Waals surface area (Å²) in [6.07, 6.45) is 0.830. The number of aldehydes is 1. The van der Waals surface area contributed by atoms with Gasteiger partial charge in [-0.15, -0.1) is 10.2 Å². The minimum atomic E-state index is -0.405. The highest BCUT2D eigenvalue weighted by molar-refractivity contribution is 5.59. The van der Waals surface area contributed by atoms with Crippen LogP contribution in [-0.2, 0) is 9.53 Å². The molecule has 76 valence electrons. The maximum atomic E-state index is 10.9. The van der Waals surface area contributed by atoms with Crippen molar-refractivity contribution in [2.24, 2.45) is 0 Å². The molecule has 1 saturated heterocycles. The number of tetrazole rings is 1. The first-order valence-electron chi connectivity index (χ1n) is 4.42. The van der Waals surface area contributed by atoms with Crippen molar-refractivity contribution in [1.82, 2.24) is 25.5 Å². The van der Waals surface area contributed by atoms with Gasteiger partial charge in [-0.2, -0.15) is 5.21 Å². The molecule has 0 amide bonds. The summed E-state index contributed by atoms with van der Waals surface area (Å²) in [5.41, 5.74) is 0. The van der Waals surface area contributed by atoms with E-state index in [4.69, 9.17) is 4.74 Å². The van der Waals surface area contributed by atoms with Crippen LogP contribution >= 0.6 is 0 Å². The number of rotatable bonds is 3. The van der Waals surface area contributed by atoms with Crippen LogP contribution in [-0.4, -0.2) is 58.1 Å². The molecule has 14 heavy (non-hydrogen) atoms. The quantitative estimate of drug-likeness (QED) is 0.611. The van der Waals surface area contributed by atoms with Crippen LogP contribution in [0, 0.1) is 0 Å². The Hall–Kier alpha value is -1.34. The van der Waals surface area contributed by atoms with E-state index in [-0.39, 0.29) is 0 Å². The van der Waals surface area contributed by atoms with E-state index in [9.17, 15) is 4.79 Å². The molecule has 0 radical (unpaired) electrons. The standard InChI is InChI=1S/C7H11N5O2/c13-5-6(7-8-10-11-9-7)12-1-3-14-4-2-12/h5-6H,1-4H2,(H,8,9,10,11). The van der Waals surface area contributed by atoms with Gasteiger partial charge in [-0.3, -0.25) is 4.90 Å². The first kappa shape index (κ1) is 9.22. The average molecular weight is 197 g/mol. The molecule has 1 atom stereocenters. The van der Waals surface area contributed by atoms with E-state index >= 15 is 0 Å². The number of H-pyrrole nitrogens is 1. The zero-order valence-corrected chi connectivity index (χ0v) is 7.59. The van der Waals surface area contributed by atoms with Gasteiger partial charge in [0.15, 0.2) is 5.82 Å². The molecule has 0 aliphatic carbocycles. The molecule has 0 aromatic carbocycles. The molecular weight excluding hydrogens is 186 g/mol. The maximum absolute atomic E-state index is 10.9. The van der Waals surface area contributed by atoms with E-state index < -0.39 is 6.04 Å². The normalized spacial score (nSPS) is 20.6. The second-order valence-corrected chi connectivity index (χ2v) is 3.00. The predicted octanol–water partition coefficient (Wildman–Crippen LogP) is -1.23. The first-order chi connectivity index (χ1) is 6.92. The number of aromatic amines is 1. The predicted molar refractivity (Wildman–Crippen MR) is 45.4 cm³/mol. The summed E-state index contributed by atoms with van der Waals surface area (Å²) in [5.74, 6) is 0.418. The second-order valence-electron chi connectivity index (χ2n) is 3.00. The van der Waals surface area contributed by atoms with Gasteiger partial charge in [0.05, 0.1) is 13.2 Å². The minimum Gasteiger partial charge on any atom is -0.379 e. The number of morpholine rings is 1. The summed E-state index contributed by atoms with van der Waals surface area (Å²) in [6, 6.07) is -0.405. The fourth-order valence-corrected chi connectivity index (χ4v) is 1.46. The molecule has 1 aromatic heterocycles. The van der Waals surface area contributed by atoms with Crippen molar-refractivity contribution in [3.05, 3.63) is 5.82 Å². The third-order valence-electron chi connectivity index (χ3n) is 2.19. The van der Waals surface area contributed by atoms with Gasteiger partial charge in [-0.25, -0.2) is 0 Å². The zero-order chi connectivity index (χ0) is 9.80. The molecule has 7 heteroatoms. The van der Waals surface area contributed by atoms with Gasteiger partial charge in [0.25, 0.3) is 0 Å². The van der Waals surface area contributed by atoms with Crippen LogP contribution in [0.5, 0.6) is 0 Å². The molecule has 7 nitrogen and oxygen atoms in total. The van der Waals surface area contributed by atoms with Gasteiger partial charge in [0.1, 0.15) is 12.3 Å². The van der Waals surface area contributed by atoms with Crippen molar-refractivity contribution < 1.29 is 9.53 Å². The highest BCUT2D eigenvalue weighted by Gasteiger charge is 2.25. The van der Waals surface area contributed by atoms with E-state index in [1.165, 1.54) is 0 Å². The minimum absolute atomic E-state index is 0.405. The number of carbonyl (C=O) groups excluding carboxylic acids is 1. The molecule has 0 bridgehead atoms. The number of ether oxygens (including phenoxy) is 1. The lowest BCUT2D eigenvalue weighted by Gasteiger charge is -2.29. The first-order valence-corrected chi connectivity index (χ1v) is 4.42. The van der Waals surface area contributed by atoms with E-state index in [2.05, 4.69) is 20.6 Å². The van der Waals surface area contributed by atoms with Gasteiger partial charge in [-0.1, -0.05) is 5.21 Å². The lowest BCUT2D eigenvalue weighted by atomic mass is 10.2. The molecule has 1 aliphatic rings. The Bertz CT molecular complexity index is 282. The fraction of sp³-hybridized carbons (Fsp3) is 0.714. The number of hydrogen-bond acceptors (Lipinski definition) is 6. The molecular formula is C7H11N5O2. The Balaban J connectivity index is 2.08. The molecule has 1 aromatic rings. The molecule has 0 saturated carbocycles. The van der Waals surface area contributed by atoms with E-state index in [1.54, 1.807) is 0 Å². The van der Waals surface area contributed by atoms with Gasteiger partial charge in [0, 0.05) is 13.1 Å². The second kappa shape index (κ2) is 4.25. The average Bonchev–Trinajstić information content (AvgIpc) is 2.74. The number of aromatic nitrogens is 4. The molecule has 2 heterocycles. The lowest BCUT2D eigenvalue weighted by Crippen LogP contribution is -2.40. The van der Waals surface area contributed by atoms with Crippen molar-refractivity contribution in [3.63, 3.8) is 0 Å². The van der Waals surface area contributed by atoms with Gasteiger partial charge < -0.3 is 9.53 Å². The summed E-state index contributed by atoms with van der Waals surface area (Å²) < 4.78 is 5.19. The third kappa shape index (κ3) is 1.78. The molecule has 1 fully saturated rings. The van der Waals surface area contributed by atoms with Gasteiger partial charge in [-0.05, 0) is 0 Å². The summed E-state index contributed by atoms with van der Waals surface area (Å²) in [7, 11) is 0. The maximum Gasteiger partial charge on any atom is 0.198 e. The van der Waals surface area contributed by atoms with Crippen LogP contribution in [0.3, 0.4) is 0 Å². The lowest BCUT2D eigenvalue weighted by molar-refractivity contribution is -0.114.